The van der Waals surface area contributed by atoms with Crippen molar-refractivity contribution in [2.24, 2.45) is 5.73 Å². The van der Waals surface area contributed by atoms with Crippen LogP contribution in [-0.2, 0) is 9.59 Å². The maximum Gasteiger partial charge on any atom is 0.250 e. The summed E-state index contributed by atoms with van der Waals surface area (Å²) in [6.07, 6.45) is 3.46. The highest BCUT2D eigenvalue weighted by Gasteiger charge is 2.10. The molecule has 28 heavy (non-hydrogen) atoms. The van der Waals surface area contributed by atoms with Crippen LogP contribution in [0.3, 0.4) is 0 Å². The average molecular weight is 382 g/mol. The summed E-state index contributed by atoms with van der Waals surface area (Å²) in [5.41, 5.74) is 7.30. The molecule has 7 nitrogen and oxygen atoms in total. The van der Waals surface area contributed by atoms with Crippen molar-refractivity contribution in [1.82, 2.24) is 0 Å². The molecule has 0 saturated heterocycles. The number of benzene rings is 2. The van der Waals surface area contributed by atoms with Crippen molar-refractivity contribution in [2.45, 2.75) is 32.6 Å². The standard InChI is InChI=1S/C21H26N4O3/c1-2-3-4-12-19(26)24-16-9-7-8-15(13-16)23-14-20(27)25-18-11-6-5-10-17(18)21(22)28/h5-11,13,23H,2-4,12,14H2,1H3,(H2,22,28)(H,24,26)(H,25,27). The number of nitrogens with two attached hydrogens (primary N) is 1. The summed E-state index contributed by atoms with van der Waals surface area (Å²) in [6.45, 7) is 2.09. The molecule has 0 saturated carbocycles. The number of primary amides is 1. The van der Waals surface area contributed by atoms with Gasteiger partial charge in [-0.15, -0.1) is 0 Å². The summed E-state index contributed by atoms with van der Waals surface area (Å²) >= 11 is 0. The number of carbonyl (C=O) groups is 3. The minimum absolute atomic E-state index is 0.000988. The molecule has 0 atom stereocenters. The van der Waals surface area contributed by atoms with Crippen molar-refractivity contribution >= 4 is 34.8 Å². The van der Waals surface area contributed by atoms with E-state index in [4.69, 9.17) is 5.73 Å². The lowest BCUT2D eigenvalue weighted by atomic mass is 10.1. The molecule has 0 aromatic heterocycles. The van der Waals surface area contributed by atoms with Gasteiger partial charge in [0.15, 0.2) is 0 Å². The van der Waals surface area contributed by atoms with Crippen LogP contribution < -0.4 is 21.7 Å². The van der Waals surface area contributed by atoms with Gasteiger partial charge in [-0.1, -0.05) is 38.0 Å². The molecule has 5 N–H and O–H groups in total. The second kappa shape index (κ2) is 10.7. The minimum Gasteiger partial charge on any atom is -0.376 e. The van der Waals surface area contributed by atoms with Crippen LogP contribution in [0, 0.1) is 0 Å². The number of nitrogens with one attached hydrogen (secondary N) is 3. The van der Waals surface area contributed by atoms with Gasteiger partial charge in [-0.05, 0) is 36.8 Å². The van der Waals surface area contributed by atoms with Crippen LogP contribution in [0.4, 0.5) is 17.1 Å². The molecule has 0 aliphatic heterocycles. The van der Waals surface area contributed by atoms with Gasteiger partial charge in [0.25, 0.3) is 5.91 Å². The smallest absolute Gasteiger partial charge is 0.250 e. The monoisotopic (exact) mass is 382 g/mol. The number of anilines is 3. The Morgan fingerprint density at radius 1 is 0.893 bits per heavy atom. The second-order valence-corrected chi connectivity index (χ2v) is 6.40. The summed E-state index contributed by atoms with van der Waals surface area (Å²) in [4.78, 5) is 35.5. The van der Waals surface area contributed by atoms with Crippen LogP contribution in [0.1, 0.15) is 43.0 Å². The fraction of sp³-hybridized carbons (Fsp3) is 0.286. The molecule has 0 bridgehead atoms. The van der Waals surface area contributed by atoms with Crippen LogP contribution in [0.15, 0.2) is 48.5 Å². The van der Waals surface area contributed by atoms with Gasteiger partial charge in [0, 0.05) is 17.8 Å². The van der Waals surface area contributed by atoms with E-state index in [1.54, 1.807) is 48.5 Å². The van der Waals surface area contributed by atoms with Crippen molar-refractivity contribution in [1.29, 1.82) is 0 Å². The first-order valence-corrected chi connectivity index (χ1v) is 9.32. The second-order valence-electron chi connectivity index (χ2n) is 6.40. The Bertz CT molecular complexity index is 836. The number of hydrogen-bond acceptors (Lipinski definition) is 4. The lowest BCUT2D eigenvalue weighted by Crippen LogP contribution is -2.24. The van der Waals surface area contributed by atoms with Crippen molar-refractivity contribution < 1.29 is 14.4 Å². The third-order valence-electron chi connectivity index (χ3n) is 4.07. The zero-order chi connectivity index (χ0) is 20.4. The average Bonchev–Trinajstić information content (AvgIpc) is 2.67. The zero-order valence-corrected chi connectivity index (χ0v) is 16.0. The van der Waals surface area contributed by atoms with E-state index in [2.05, 4.69) is 22.9 Å². The van der Waals surface area contributed by atoms with E-state index in [0.717, 1.165) is 19.3 Å². The molecule has 0 heterocycles. The largest absolute Gasteiger partial charge is 0.376 e. The highest BCUT2D eigenvalue weighted by molar-refractivity contribution is 6.03. The molecule has 2 aromatic carbocycles. The van der Waals surface area contributed by atoms with Crippen LogP contribution in [0.25, 0.3) is 0 Å². The number of hydrogen-bond donors (Lipinski definition) is 4. The minimum atomic E-state index is -0.605. The fourth-order valence-electron chi connectivity index (χ4n) is 2.65. The highest BCUT2D eigenvalue weighted by atomic mass is 16.2. The van der Waals surface area contributed by atoms with Gasteiger partial charge in [-0.25, -0.2) is 0 Å². The van der Waals surface area contributed by atoms with E-state index in [1.165, 1.54) is 0 Å². The molecule has 0 unspecified atom stereocenters. The first-order chi connectivity index (χ1) is 13.5. The molecular formula is C21H26N4O3. The Labute approximate surface area is 164 Å². The van der Waals surface area contributed by atoms with E-state index in [1.807, 2.05) is 0 Å². The SMILES string of the molecule is CCCCCC(=O)Nc1cccc(NCC(=O)Nc2ccccc2C(N)=O)c1. The first kappa shape index (κ1) is 21.0. The molecule has 2 rings (SSSR count). The van der Waals surface area contributed by atoms with Gasteiger partial charge in [0.2, 0.25) is 11.8 Å². The first-order valence-electron chi connectivity index (χ1n) is 9.32. The van der Waals surface area contributed by atoms with Gasteiger partial charge in [-0.3, -0.25) is 14.4 Å². The predicted molar refractivity (Wildman–Crippen MR) is 111 cm³/mol. The molecule has 2 aromatic rings. The Hall–Kier alpha value is -3.35. The Kier molecular flexibility index (Phi) is 8.02. The van der Waals surface area contributed by atoms with Crippen LogP contribution in [0.5, 0.6) is 0 Å². The summed E-state index contributed by atoms with van der Waals surface area (Å²) in [5.74, 6) is -0.944. The molecule has 7 heteroatoms. The van der Waals surface area contributed by atoms with Crippen molar-refractivity contribution in [3.05, 3.63) is 54.1 Å². The number of rotatable bonds is 10. The molecule has 3 amide bonds. The predicted octanol–water partition coefficient (Wildman–Crippen LogP) is 3.35. The Morgan fingerprint density at radius 2 is 1.64 bits per heavy atom. The molecule has 0 radical (unpaired) electrons. The molecule has 0 spiro atoms. The topological polar surface area (TPSA) is 113 Å². The van der Waals surface area contributed by atoms with Gasteiger partial charge >= 0.3 is 0 Å². The van der Waals surface area contributed by atoms with Crippen molar-refractivity contribution in [3.8, 4) is 0 Å². The molecule has 148 valence electrons. The van der Waals surface area contributed by atoms with Crippen LogP contribution in [-0.4, -0.2) is 24.3 Å². The third-order valence-corrected chi connectivity index (χ3v) is 4.07. The molecule has 0 aliphatic carbocycles. The van der Waals surface area contributed by atoms with E-state index in [0.29, 0.717) is 23.5 Å². The maximum atomic E-state index is 12.2. The number of carbonyl (C=O) groups excluding carboxylic acids is 3. The van der Waals surface area contributed by atoms with Gasteiger partial charge in [-0.2, -0.15) is 0 Å². The number of unbranched alkanes of at least 4 members (excludes halogenated alkanes) is 2. The van der Waals surface area contributed by atoms with Gasteiger partial charge < -0.3 is 21.7 Å². The quantitative estimate of drug-likeness (QED) is 0.472. The Morgan fingerprint density at radius 3 is 2.39 bits per heavy atom. The van der Waals surface area contributed by atoms with Gasteiger partial charge in [0.1, 0.15) is 0 Å². The normalized spacial score (nSPS) is 10.2. The lowest BCUT2D eigenvalue weighted by molar-refractivity contribution is -0.116. The third kappa shape index (κ3) is 6.75. The Balaban J connectivity index is 1.88. The molecular weight excluding hydrogens is 356 g/mol. The van der Waals surface area contributed by atoms with E-state index in [-0.39, 0.29) is 23.9 Å². The van der Waals surface area contributed by atoms with E-state index < -0.39 is 5.91 Å². The summed E-state index contributed by atoms with van der Waals surface area (Å²) in [6, 6.07) is 13.7. The highest BCUT2D eigenvalue weighted by Crippen LogP contribution is 2.17. The summed E-state index contributed by atoms with van der Waals surface area (Å²) < 4.78 is 0. The number of amides is 3. The van der Waals surface area contributed by atoms with Crippen molar-refractivity contribution in [2.75, 3.05) is 22.5 Å². The van der Waals surface area contributed by atoms with Crippen LogP contribution in [0.2, 0.25) is 0 Å². The lowest BCUT2D eigenvalue weighted by Gasteiger charge is -2.11. The van der Waals surface area contributed by atoms with E-state index >= 15 is 0 Å². The van der Waals surface area contributed by atoms with Crippen molar-refractivity contribution in [3.63, 3.8) is 0 Å². The fourth-order valence-corrected chi connectivity index (χ4v) is 2.65. The zero-order valence-electron chi connectivity index (χ0n) is 16.0. The molecule has 0 fully saturated rings. The maximum absolute atomic E-state index is 12.2. The van der Waals surface area contributed by atoms with E-state index in [9.17, 15) is 14.4 Å². The summed E-state index contributed by atoms with van der Waals surface area (Å²) in [5, 5.41) is 8.52. The summed E-state index contributed by atoms with van der Waals surface area (Å²) in [7, 11) is 0. The van der Waals surface area contributed by atoms with Gasteiger partial charge in [0.05, 0.1) is 17.8 Å². The number of para-hydroxylation sites is 1. The molecule has 0 aliphatic rings. The van der Waals surface area contributed by atoms with Crippen LogP contribution >= 0.6 is 0 Å².